The van der Waals surface area contributed by atoms with Gasteiger partial charge < -0.3 is 0 Å². The Morgan fingerprint density at radius 3 is 2.29 bits per heavy atom. The van der Waals surface area contributed by atoms with Crippen molar-refractivity contribution in [3.63, 3.8) is 0 Å². The fourth-order valence-corrected chi connectivity index (χ4v) is 8.97. The quantitative estimate of drug-likeness (QED) is 0.550. The van der Waals surface area contributed by atoms with Crippen molar-refractivity contribution in [2.75, 3.05) is 0 Å². The standard InChI is InChI=1S/C23H21Cl/c24-18-7-3-5-16-15-4-1-2-6-17(15)23(21(16)18)19-9-13-8-14-10-20(23)22(19,11-13)12-14/h1-7,13-14,19-20H,8-12H2. The molecule has 0 aliphatic heterocycles. The van der Waals surface area contributed by atoms with E-state index in [1.54, 1.807) is 5.56 Å². The van der Waals surface area contributed by atoms with Gasteiger partial charge in [0, 0.05) is 10.4 Å². The number of rotatable bonds is 0. The highest BCUT2D eigenvalue weighted by molar-refractivity contribution is 6.32. The van der Waals surface area contributed by atoms with Crippen LogP contribution >= 0.6 is 11.6 Å². The third-order valence-electron chi connectivity index (χ3n) is 8.72. The van der Waals surface area contributed by atoms with Crippen molar-refractivity contribution in [3.8, 4) is 11.1 Å². The van der Waals surface area contributed by atoms with E-state index in [1.165, 1.54) is 48.8 Å². The maximum Gasteiger partial charge on any atom is 0.0453 e. The van der Waals surface area contributed by atoms with E-state index in [4.69, 9.17) is 11.6 Å². The number of fused-ring (bicyclic) bond motifs is 9. The Kier molecular flexibility index (Phi) is 2.05. The van der Waals surface area contributed by atoms with Gasteiger partial charge in [-0.15, -0.1) is 0 Å². The first-order valence-electron chi connectivity index (χ1n) is 9.64. The molecule has 4 atom stereocenters. The summed E-state index contributed by atoms with van der Waals surface area (Å²) >= 11 is 6.88. The van der Waals surface area contributed by atoms with Gasteiger partial charge in [0.25, 0.3) is 0 Å². The van der Waals surface area contributed by atoms with Gasteiger partial charge in [-0.2, -0.15) is 0 Å². The Morgan fingerprint density at radius 2 is 1.50 bits per heavy atom. The average molecular weight is 333 g/mol. The third kappa shape index (κ3) is 1.10. The SMILES string of the molecule is Clc1cccc2c1C1(c3ccccc3-2)C2CC3CC4CC1C2(C3)C4. The Labute approximate surface area is 148 Å². The molecule has 5 aliphatic carbocycles. The average Bonchev–Trinajstić information content (AvgIpc) is 3.12. The second-order valence-electron chi connectivity index (χ2n) is 9.26. The fourth-order valence-electron chi connectivity index (χ4n) is 8.63. The predicted octanol–water partition coefficient (Wildman–Crippen LogP) is 6.06. The van der Waals surface area contributed by atoms with E-state index in [9.17, 15) is 0 Å². The highest BCUT2D eigenvalue weighted by Crippen LogP contribution is 2.85. The van der Waals surface area contributed by atoms with Crippen LogP contribution in [0, 0.1) is 29.1 Å². The lowest BCUT2D eigenvalue weighted by atomic mass is 9.38. The zero-order valence-electron chi connectivity index (χ0n) is 13.8. The van der Waals surface area contributed by atoms with E-state index in [2.05, 4.69) is 42.5 Å². The molecule has 0 radical (unpaired) electrons. The van der Waals surface area contributed by atoms with Crippen LogP contribution in [0.3, 0.4) is 0 Å². The third-order valence-corrected chi connectivity index (χ3v) is 9.03. The van der Waals surface area contributed by atoms with Gasteiger partial charge in [0.2, 0.25) is 0 Å². The van der Waals surface area contributed by atoms with Gasteiger partial charge in [0.05, 0.1) is 0 Å². The van der Waals surface area contributed by atoms with E-state index < -0.39 is 0 Å². The molecule has 0 aromatic heterocycles. The van der Waals surface area contributed by atoms with Crippen LogP contribution in [0.4, 0.5) is 0 Å². The van der Waals surface area contributed by atoms with Crippen LogP contribution < -0.4 is 0 Å². The highest BCUT2D eigenvalue weighted by Gasteiger charge is 2.79. The molecule has 3 bridgehead atoms. The summed E-state index contributed by atoms with van der Waals surface area (Å²) < 4.78 is 0. The zero-order valence-corrected chi connectivity index (χ0v) is 14.5. The van der Waals surface area contributed by atoms with Crippen LogP contribution in [-0.4, -0.2) is 0 Å². The van der Waals surface area contributed by atoms with E-state index in [-0.39, 0.29) is 5.41 Å². The molecule has 0 amide bonds. The van der Waals surface area contributed by atoms with Gasteiger partial charge >= 0.3 is 0 Å². The number of benzene rings is 2. The lowest BCUT2D eigenvalue weighted by molar-refractivity contribution is -0.0819. The minimum atomic E-state index is 0.244. The lowest BCUT2D eigenvalue weighted by Crippen LogP contribution is -2.62. The van der Waals surface area contributed by atoms with Crippen LogP contribution in [0.5, 0.6) is 0 Å². The largest absolute Gasteiger partial charge is 0.0840 e. The van der Waals surface area contributed by atoms with Crippen molar-refractivity contribution in [2.45, 2.75) is 37.5 Å². The molecule has 0 heterocycles. The Hall–Kier alpha value is -1.27. The molecule has 4 unspecified atom stereocenters. The Morgan fingerprint density at radius 1 is 0.792 bits per heavy atom. The minimum Gasteiger partial charge on any atom is -0.0840 e. The smallest absolute Gasteiger partial charge is 0.0453 e. The van der Waals surface area contributed by atoms with E-state index in [0.717, 1.165) is 28.7 Å². The first-order valence-corrected chi connectivity index (χ1v) is 10.0. The second kappa shape index (κ2) is 3.78. The molecule has 120 valence electrons. The number of hydrogen-bond acceptors (Lipinski definition) is 0. The van der Waals surface area contributed by atoms with Crippen LogP contribution in [0.2, 0.25) is 5.02 Å². The van der Waals surface area contributed by atoms with Gasteiger partial charge in [0.1, 0.15) is 0 Å². The molecule has 5 aliphatic rings. The molecule has 24 heavy (non-hydrogen) atoms. The van der Waals surface area contributed by atoms with Crippen molar-refractivity contribution in [1.82, 2.24) is 0 Å². The summed E-state index contributed by atoms with van der Waals surface area (Å²) in [5.74, 6) is 3.68. The summed E-state index contributed by atoms with van der Waals surface area (Å²) in [5.41, 5.74) is 6.93. The highest BCUT2D eigenvalue weighted by atomic mass is 35.5. The van der Waals surface area contributed by atoms with Gasteiger partial charge in [-0.05, 0) is 89.5 Å². The maximum absolute atomic E-state index is 6.88. The first-order chi connectivity index (χ1) is 11.7. The maximum atomic E-state index is 6.88. The first kappa shape index (κ1) is 13.0. The molecule has 2 aromatic carbocycles. The monoisotopic (exact) mass is 332 g/mol. The molecule has 0 saturated heterocycles. The molecule has 2 aromatic rings. The Bertz CT molecular complexity index is 886. The predicted molar refractivity (Wildman–Crippen MR) is 97.1 cm³/mol. The van der Waals surface area contributed by atoms with Gasteiger partial charge in [-0.3, -0.25) is 0 Å². The van der Waals surface area contributed by atoms with Crippen LogP contribution in [-0.2, 0) is 5.41 Å². The molecular formula is C23H21Cl. The Balaban J connectivity index is 1.59. The van der Waals surface area contributed by atoms with Gasteiger partial charge in [0.15, 0.2) is 0 Å². The number of halogens is 1. The van der Waals surface area contributed by atoms with E-state index >= 15 is 0 Å². The van der Waals surface area contributed by atoms with Crippen molar-refractivity contribution in [2.24, 2.45) is 29.1 Å². The molecule has 7 rings (SSSR count). The molecule has 4 saturated carbocycles. The molecular weight excluding hydrogens is 312 g/mol. The van der Waals surface area contributed by atoms with Crippen molar-refractivity contribution < 1.29 is 0 Å². The molecule has 2 spiro atoms. The summed E-state index contributed by atoms with van der Waals surface area (Å²) in [4.78, 5) is 0. The summed E-state index contributed by atoms with van der Waals surface area (Å²) in [6.07, 6.45) is 7.45. The lowest BCUT2D eigenvalue weighted by Gasteiger charge is -2.64. The number of hydrogen-bond donors (Lipinski definition) is 0. The summed E-state index contributed by atoms with van der Waals surface area (Å²) in [5, 5.41) is 1.02. The van der Waals surface area contributed by atoms with Gasteiger partial charge in [-0.1, -0.05) is 48.0 Å². The van der Waals surface area contributed by atoms with Crippen LogP contribution in [0.15, 0.2) is 42.5 Å². The van der Waals surface area contributed by atoms with E-state index in [0.29, 0.717) is 5.41 Å². The van der Waals surface area contributed by atoms with Crippen molar-refractivity contribution >= 4 is 11.6 Å². The van der Waals surface area contributed by atoms with Crippen LogP contribution in [0.25, 0.3) is 11.1 Å². The normalized spacial score (nSPS) is 45.2. The zero-order chi connectivity index (χ0) is 15.7. The van der Waals surface area contributed by atoms with Gasteiger partial charge in [-0.25, -0.2) is 0 Å². The van der Waals surface area contributed by atoms with Crippen molar-refractivity contribution in [3.05, 3.63) is 58.6 Å². The van der Waals surface area contributed by atoms with Crippen LogP contribution in [0.1, 0.15) is 43.2 Å². The van der Waals surface area contributed by atoms with Crippen molar-refractivity contribution in [1.29, 1.82) is 0 Å². The summed E-state index contributed by atoms with van der Waals surface area (Å²) in [6.45, 7) is 0. The topological polar surface area (TPSA) is 0 Å². The second-order valence-corrected chi connectivity index (χ2v) is 9.67. The molecule has 1 heteroatoms. The fraction of sp³-hybridized carbons (Fsp3) is 0.478. The molecule has 4 fully saturated rings. The minimum absolute atomic E-state index is 0.244. The molecule has 0 nitrogen and oxygen atoms in total. The summed E-state index contributed by atoms with van der Waals surface area (Å²) in [7, 11) is 0. The summed E-state index contributed by atoms with van der Waals surface area (Å²) in [6, 6.07) is 15.8. The van der Waals surface area contributed by atoms with E-state index in [1.807, 2.05) is 0 Å². The molecule has 0 N–H and O–H groups in total.